The van der Waals surface area contributed by atoms with Crippen molar-refractivity contribution in [2.75, 3.05) is 16.8 Å². The molecule has 2 rings (SSSR count). The average molecular weight is 306 g/mol. The van der Waals surface area contributed by atoms with Crippen molar-refractivity contribution in [2.45, 2.75) is 18.9 Å². The fourth-order valence-electron chi connectivity index (χ4n) is 2.09. The van der Waals surface area contributed by atoms with Crippen LogP contribution < -0.4 is 5.32 Å². The van der Waals surface area contributed by atoms with Crippen LogP contribution in [0.5, 0.6) is 0 Å². The van der Waals surface area contributed by atoms with Crippen molar-refractivity contribution < 1.29 is 22.1 Å². The van der Waals surface area contributed by atoms with Crippen LogP contribution >= 0.6 is 0 Å². The molecule has 1 aliphatic rings. The minimum Gasteiger partial charge on any atom is -0.374 e. The molecule has 1 aromatic rings. The lowest BCUT2D eigenvalue weighted by Gasteiger charge is -2.24. The van der Waals surface area contributed by atoms with Crippen LogP contribution in [0.25, 0.3) is 0 Å². The van der Waals surface area contributed by atoms with Crippen molar-refractivity contribution in [3.05, 3.63) is 33.9 Å². The Morgan fingerprint density at radius 3 is 2.40 bits per heavy atom. The maximum Gasteiger partial charge on any atom is 0.298 e. The zero-order valence-corrected chi connectivity index (χ0v) is 11.1. The Kier molecular flexibility index (Phi) is 3.89. The molecule has 0 aliphatic carbocycles. The first-order valence-corrected chi connectivity index (χ1v) is 7.71. The summed E-state index contributed by atoms with van der Waals surface area (Å²) in [6.07, 6.45) is 0.465. The normalized spacial score (nSPS) is 18.7. The minimum absolute atomic E-state index is 0.0543. The van der Waals surface area contributed by atoms with Gasteiger partial charge in [-0.3, -0.25) is 10.1 Å². The number of hydrogen-bond donors (Lipinski definition) is 1. The molecule has 1 saturated heterocycles. The third kappa shape index (κ3) is 3.21. The number of benzene rings is 1. The van der Waals surface area contributed by atoms with E-state index in [4.69, 9.17) is 0 Å². The molecule has 1 aromatic carbocycles. The number of rotatable bonds is 3. The number of sulfone groups is 1. The highest BCUT2D eigenvalue weighted by Gasteiger charge is 2.27. The second-order valence-electron chi connectivity index (χ2n) is 4.61. The van der Waals surface area contributed by atoms with E-state index in [1.807, 2.05) is 0 Å². The Bertz CT molecular complexity index is 634. The summed E-state index contributed by atoms with van der Waals surface area (Å²) in [5.41, 5.74) is -1.10. The molecule has 0 spiro atoms. The van der Waals surface area contributed by atoms with Crippen LogP contribution in [0, 0.1) is 21.7 Å². The lowest BCUT2D eigenvalue weighted by atomic mass is 10.1. The third-order valence-electron chi connectivity index (χ3n) is 3.13. The van der Waals surface area contributed by atoms with Gasteiger partial charge in [-0.25, -0.2) is 17.2 Å². The molecule has 0 saturated carbocycles. The number of nitro groups is 1. The first-order chi connectivity index (χ1) is 9.28. The Balaban J connectivity index is 2.23. The summed E-state index contributed by atoms with van der Waals surface area (Å²) in [7, 11) is -3.08. The van der Waals surface area contributed by atoms with Crippen molar-refractivity contribution in [1.82, 2.24) is 0 Å². The Morgan fingerprint density at radius 2 is 1.85 bits per heavy atom. The van der Waals surface area contributed by atoms with Gasteiger partial charge in [-0.1, -0.05) is 0 Å². The predicted molar refractivity (Wildman–Crippen MR) is 68.3 cm³/mol. The van der Waals surface area contributed by atoms with E-state index in [0.29, 0.717) is 12.1 Å². The molecule has 1 N–H and O–H groups in total. The van der Waals surface area contributed by atoms with Gasteiger partial charge < -0.3 is 5.32 Å². The van der Waals surface area contributed by atoms with Gasteiger partial charge in [0, 0.05) is 12.1 Å². The Hall–Kier alpha value is -1.77. The van der Waals surface area contributed by atoms with Crippen LogP contribution in [-0.4, -0.2) is 30.9 Å². The molecule has 0 radical (unpaired) electrons. The number of nitrogens with one attached hydrogen (secondary N) is 1. The molecule has 0 bridgehead atoms. The molecule has 20 heavy (non-hydrogen) atoms. The first kappa shape index (κ1) is 14.6. The van der Waals surface area contributed by atoms with E-state index < -0.39 is 43.8 Å². The van der Waals surface area contributed by atoms with E-state index in [2.05, 4.69) is 5.32 Å². The lowest BCUT2D eigenvalue weighted by Crippen LogP contribution is -2.32. The third-order valence-corrected chi connectivity index (χ3v) is 4.85. The highest BCUT2D eigenvalue weighted by molar-refractivity contribution is 7.91. The topological polar surface area (TPSA) is 89.3 Å². The number of nitrogens with zero attached hydrogens (tertiary/aromatic N) is 1. The van der Waals surface area contributed by atoms with Crippen molar-refractivity contribution >= 4 is 21.2 Å². The summed E-state index contributed by atoms with van der Waals surface area (Å²) in [6.45, 7) is 0. The van der Waals surface area contributed by atoms with E-state index in [0.717, 1.165) is 0 Å². The molecule has 0 atom stereocenters. The standard InChI is InChI=1S/C11H12F2N2O4S/c12-7-5-9(13)11(10(6-7)15(16)17)14-8-1-3-20(18,19)4-2-8/h5-6,8,14H,1-4H2. The monoisotopic (exact) mass is 306 g/mol. The summed E-state index contributed by atoms with van der Waals surface area (Å²) in [5, 5.41) is 13.4. The highest BCUT2D eigenvalue weighted by atomic mass is 32.2. The summed E-state index contributed by atoms with van der Waals surface area (Å²) < 4.78 is 49.2. The van der Waals surface area contributed by atoms with Crippen LogP contribution in [0.1, 0.15) is 12.8 Å². The predicted octanol–water partition coefficient (Wildman–Crippen LogP) is 1.86. The number of halogens is 2. The van der Waals surface area contributed by atoms with Gasteiger partial charge in [-0.15, -0.1) is 0 Å². The molecule has 9 heteroatoms. The molecule has 1 aliphatic heterocycles. The second-order valence-corrected chi connectivity index (χ2v) is 6.91. The maximum absolute atomic E-state index is 13.7. The van der Waals surface area contributed by atoms with E-state index in [1.165, 1.54) is 0 Å². The molecular weight excluding hydrogens is 294 g/mol. The lowest BCUT2D eigenvalue weighted by molar-refractivity contribution is -0.384. The smallest absolute Gasteiger partial charge is 0.298 e. The Morgan fingerprint density at radius 1 is 1.25 bits per heavy atom. The van der Waals surface area contributed by atoms with Crippen molar-refractivity contribution in [1.29, 1.82) is 0 Å². The van der Waals surface area contributed by atoms with Crippen LogP contribution in [0.4, 0.5) is 20.2 Å². The zero-order valence-electron chi connectivity index (χ0n) is 10.3. The van der Waals surface area contributed by atoms with Gasteiger partial charge in [-0.05, 0) is 12.8 Å². The molecule has 6 nitrogen and oxygen atoms in total. The summed E-state index contributed by atoms with van der Waals surface area (Å²) in [4.78, 5) is 9.93. The first-order valence-electron chi connectivity index (χ1n) is 5.89. The minimum atomic E-state index is -3.08. The SMILES string of the molecule is O=[N+]([O-])c1cc(F)cc(F)c1NC1CCS(=O)(=O)CC1. The van der Waals surface area contributed by atoms with Crippen LogP contribution in [0.3, 0.4) is 0 Å². The summed E-state index contributed by atoms with van der Waals surface area (Å²) >= 11 is 0. The van der Waals surface area contributed by atoms with Crippen LogP contribution in [0.15, 0.2) is 12.1 Å². The quantitative estimate of drug-likeness (QED) is 0.680. The Labute approximate surface area is 113 Å². The average Bonchev–Trinajstić information content (AvgIpc) is 2.34. The molecule has 0 aromatic heterocycles. The van der Waals surface area contributed by atoms with Crippen molar-refractivity contribution in [2.24, 2.45) is 0 Å². The summed E-state index contributed by atoms with van der Waals surface area (Å²) in [6, 6.07) is 0.789. The van der Waals surface area contributed by atoms with Gasteiger partial charge in [0.05, 0.1) is 22.5 Å². The van der Waals surface area contributed by atoms with Gasteiger partial charge in [0.25, 0.3) is 5.69 Å². The zero-order chi connectivity index (χ0) is 14.9. The second kappa shape index (κ2) is 5.31. The number of anilines is 1. The van der Waals surface area contributed by atoms with Gasteiger partial charge in [0.2, 0.25) is 0 Å². The summed E-state index contributed by atoms with van der Waals surface area (Å²) in [5.74, 6) is -2.21. The molecule has 1 fully saturated rings. The van der Waals surface area contributed by atoms with Crippen LogP contribution in [0.2, 0.25) is 0 Å². The van der Waals surface area contributed by atoms with Gasteiger partial charge in [-0.2, -0.15) is 0 Å². The van der Waals surface area contributed by atoms with E-state index in [1.54, 1.807) is 0 Å². The molecule has 1 heterocycles. The molecule has 110 valence electrons. The maximum atomic E-state index is 13.7. The van der Waals surface area contributed by atoms with Gasteiger partial charge in [0.1, 0.15) is 21.3 Å². The van der Waals surface area contributed by atoms with Gasteiger partial charge in [0.15, 0.2) is 5.82 Å². The van der Waals surface area contributed by atoms with E-state index >= 15 is 0 Å². The molecule has 0 unspecified atom stereocenters. The van der Waals surface area contributed by atoms with Crippen molar-refractivity contribution in [3.8, 4) is 0 Å². The van der Waals surface area contributed by atoms with E-state index in [-0.39, 0.29) is 24.3 Å². The number of hydrogen-bond acceptors (Lipinski definition) is 5. The highest BCUT2D eigenvalue weighted by Crippen LogP contribution is 2.30. The van der Waals surface area contributed by atoms with Gasteiger partial charge >= 0.3 is 0 Å². The fourth-order valence-corrected chi connectivity index (χ4v) is 3.58. The molecular formula is C11H12F2N2O4S. The van der Waals surface area contributed by atoms with E-state index in [9.17, 15) is 27.3 Å². The number of nitro benzene ring substituents is 1. The molecule has 0 amide bonds. The fraction of sp³-hybridized carbons (Fsp3) is 0.455. The largest absolute Gasteiger partial charge is 0.374 e. The van der Waals surface area contributed by atoms with Crippen molar-refractivity contribution in [3.63, 3.8) is 0 Å². The van der Waals surface area contributed by atoms with Crippen LogP contribution in [-0.2, 0) is 9.84 Å².